The molecule has 1 saturated carbocycles. The number of carbonyl (C=O) groups is 2. The van der Waals surface area contributed by atoms with Crippen molar-refractivity contribution in [3.05, 3.63) is 0 Å². The second-order valence-electron chi connectivity index (χ2n) is 6.98. The van der Waals surface area contributed by atoms with E-state index in [0.29, 0.717) is 12.5 Å². The standard InChI is InChI=1S/C16H27N3O3S/c1-9(2)13(15(20)21)18-16(22)19(12-5-6-12)7-11-8-23-14(17-11)10(3)4/h9-13H,5-8H2,1-4H3,(H,18,22)(H,20,21)/t11?,13-/m0/s1. The Labute approximate surface area is 142 Å². The number of aliphatic carboxylic acids is 1. The molecule has 2 amide bonds. The highest BCUT2D eigenvalue weighted by Gasteiger charge is 2.37. The number of nitrogens with zero attached hydrogens (tertiary/aromatic N) is 2. The number of hydrogen-bond acceptors (Lipinski definition) is 4. The molecular weight excluding hydrogens is 314 g/mol. The maximum atomic E-state index is 12.5. The molecular formula is C16H27N3O3S. The van der Waals surface area contributed by atoms with Crippen molar-refractivity contribution in [3.63, 3.8) is 0 Å². The fraction of sp³-hybridized carbons (Fsp3) is 0.812. The van der Waals surface area contributed by atoms with Crippen molar-refractivity contribution in [1.29, 1.82) is 0 Å². The number of carboxylic acid groups (broad SMARTS) is 1. The number of nitrogens with one attached hydrogen (secondary N) is 1. The number of carbonyl (C=O) groups excluding carboxylic acids is 1. The van der Waals surface area contributed by atoms with Gasteiger partial charge in [0.15, 0.2) is 0 Å². The molecule has 6 nitrogen and oxygen atoms in total. The smallest absolute Gasteiger partial charge is 0.326 e. The number of carboxylic acids is 1. The number of rotatable bonds is 7. The highest BCUT2D eigenvalue weighted by molar-refractivity contribution is 8.14. The summed E-state index contributed by atoms with van der Waals surface area (Å²) in [4.78, 5) is 30.3. The average molecular weight is 341 g/mol. The molecule has 0 radical (unpaired) electrons. The summed E-state index contributed by atoms with van der Waals surface area (Å²) in [7, 11) is 0. The van der Waals surface area contributed by atoms with E-state index in [9.17, 15) is 14.7 Å². The third kappa shape index (κ3) is 4.86. The Kier molecular flexibility index (Phi) is 5.95. The molecule has 2 atom stereocenters. The molecule has 0 aromatic carbocycles. The Morgan fingerprint density at radius 3 is 2.43 bits per heavy atom. The quantitative estimate of drug-likeness (QED) is 0.745. The Bertz CT molecular complexity index is 489. The molecule has 2 N–H and O–H groups in total. The summed E-state index contributed by atoms with van der Waals surface area (Å²) in [5.74, 6) is 0.188. The summed E-state index contributed by atoms with van der Waals surface area (Å²) in [5, 5.41) is 13.1. The van der Waals surface area contributed by atoms with Crippen LogP contribution in [0.2, 0.25) is 0 Å². The van der Waals surface area contributed by atoms with E-state index in [1.165, 1.54) is 0 Å². The molecule has 1 fully saturated rings. The molecule has 130 valence electrons. The minimum Gasteiger partial charge on any atom is -0.480 e. The van der Waals surface area contributed by atoms with Gasteiger partial charge in [0.05, 0.1) is 11.1 Å². The van der Waals surface area contributed by atoms with E-state index < -0.39 is 12.0 Å². The average Bonchev–Trinajstić information content (AvgIpc) is 3.19. The number of urea groups is 1. The molecule has 1 aliphatic heterocycles. The third-order valence-electron chi connectivity index (χ3n) is 4.09. The van der Waals surface area contributed by atoms with Crippen molar-refractivity contribution in [2.45, 2.75) is 58.7 Å². The summed E-state index contributed by atoms with van der Waals surface area (Å²) < 4.78 is 0. The molecule has 1 aliphatic carbocycles. The lowest BCUT2D eigenvalue weighted by Crippen LogP contribution is -2.52. The van der Waals surface area contributed by atoms with Crippen molar-refractivity contribution in [1.82, 2.24) is 10.2 Å². The van der Waals surface area contributed by atoms with Gasteiger partial charge < -0.3 is 15.3 Å². The van der Waals surface area contributed by atoms with Gasteiger partial charge in [0.25, 0.3) is 0 Å². The summed E-state index contributed by atoms with van der Waals surface area (Å²) in [5.41, 5.74) is 0. The van der Waals surface area contributed by atoms with Gasteiger partial charge in [0.1, 0.15) is 6.04 Å². The van der Waals surface area contributed by atoms with Crippen LogP contribution in [0, 0.1) is 11.8 Å². The first-order valence-corrected chi connectivity index (χ1v) is 9.28. The number of amides is 2. The van der Waals surface area contributed by atoms with Crippen LogP contribution >= 0.6 is 11.8 Å². The van der Waals surface area contributed by atoms with Gasteiger partial charge in [-0.25, -0.2) is 9.59 Å². The largest absolute Gasteiger partial charge is 0.480 e. The molecule has 0 aromatic rings. The van der Waals surface area contributed by atoms with Crippen molar-refractivity contribution >= 4 is 28.8 Å². The molecule has 1 heterocycles. The van der Waals surface area contributed by atoms with Crippen LogP contribution in [0.15, 0.2) is 4.99 Å². The van der Waals surface area contributed by atoms with E-state index in [1.54, 1.807) is 30.5 Å². The van der Waals surface area contributed by atoms with Gasteiger partial charge in [0, 0.05) is 24.3 Å². The maximum absolute atomic E-state index is 12.5. The van der Waals surface area contributed by atoms with Crippen LogP contribution in [0.1, 0.15) is 40.5 Å². The second-order valence-corrected chi connectivity index (χ2v) is 8.02. The minimum atomic E-state index is -0.986. The lowest BCUT2D eigenvalue weighted by molar-refractivity contribution is -0.140. The Morgan fingerprint density at radius 1 is 1.35 bits per heavy atom. The first-order valence-electron chi connectivity index (χ1n) is 8.30. The molecule has 2 aliphatic rings. The van der Waals surface area contributed by atoms with E-state index in [4.69, 9.17) is 4.99 Å². The van der Waals surface area contributed by atoms with Gasteiger partial charge in [-0.05, 0) is 18.8 Å². The van der Waals surface area contributed by atoms with Gasteiger partial charge in [-0.15, -0.1) is 11.8 Å². The lowest BCUT2D eigenvalue weighted by atomic mass is 10.1. The molecule has 0 saturated heterocycles. The minimum absolute atomic E-state index is 0.117. The predicted octanol–water partition coefficient (Wildman–Crippen LogP) is 2.44. The first kappa shape index (κ1) is 18.1. The highest BCUT2D eigenvalue weighted by Crippen LogP contribution is 2.30. The van der Waals surface area contributed by atoms with E-state index in [-0.39, 0.29) is 24.0 Å². The molecule has 0 aromatic heterocycles. The lowest BCUT2D eigenvalue weighted by Gasteiger charge is -2.27. The fourth-order valence-corrected chi connectivity index (χ4v) is 3.69. The monoisotopic (exact) mass is 341 g/mol. The first-order chi connectivity index (χ1) is 10.8. The molecule has 23 heavy (non-hydrogen) atoms. The van der Waals surface area contributed by atoms with E-state index in [1.807, 2.05) is 0 Å². The number of aliphatic imine (C=N–C) groups is 1. The normalized spacial score (nSPS) is 22.2. The molecule has 0 bridgehead atoms. The van der Waals surface area contributed by atoms with Crippen LogP contribution in [0.3, 0.4) is 0 Å². The van der Waals surface area contributed by atoms with Crippen LogP contribution in [-0.4, -0.2) is 57.5 Å². The third-order valence-corrected chi connectivity index (χ3v) is 5.52. The summed E-state index contributed by atoms with van der Waals surface area (Å²) >= 11 is 1.77. The zero-order chi connectivity index (χ0) is 17.1. The molecule has 1 unspecified atom stereocenters. The Hall–Kier alpha value is -1.24. The van der Waals surface area contributed by atoms with Gasteiger partial charge in [0.2, 0.25) is 0 Å². The van der Waals surface area contributed by atoms with Gasteiger partial charge >= 0.3 is 12.0 Å². The highest BCUT2D eigenvalue weighted by atomic mass is 32.2. The molecule has 2 rings (SSSR count). The Morgan fingerprint density at radius 2 is 2.00 bits per heavy atom. The summed E-state index contributed by atoms with van der Waals surface area (Å²) in [6.07, 6.45) is 1.99. The SMILES string of the molecule is CC(C)C1=NC(CN(C(=O)N[C@H](C(=O)O)C(C)C)C2CC2)CS1. The number of thioether (sulfide) groups is 1. The van der Waals surface area contributed by atoms with Crippen LogP contribution in [0.25, 0.3) is 0 Å². The maximum Gasteiger partial charge on any atom is 0.326 e. The van der Waals surface area contributed by atoms with Crippen molar-refractivity contribution in [2.75, 3.05) is 12.3 Å². The van der Waals surface area contributed by atoms with Crippen LogP contribution < -0.4 is 5.32 Å². The van der Waals surface area contributed by atoms with Gasteiger partial charge in [-0.2, -0.15) is 0 Å². The van der Waals surface area contributed by atoms with E-state index >= 15 is 0 Å². The fourth-order valence-electron chi connectivity index (χ4n) is 2.59. The zero-order valence-electron chi connectivity index (χ0n) is 14.3. The summed E-state index contributed by atoms with van der Waals surface area (Å²) in [6, 6.07) is -0.769. The van der Waals surface area contributed by atoms with Crippen molar-refractivity contribution in [3.8, 4) is 0 Å². The predicted molar refractivity (Wildman–Crippen MR) is 93.0 cm³/mol. The molecule has 7 heteroatoms. The number of hydrogen-bond donors (Lipinski definition) is 2. The van der Waals surface area contributed by atoms with Crippen LogP contribution in [0.4, 0.5) is 4.79 Å². The zero-order valence-corrected chi connectivity index (χ0v) is 15.1. The van der Waals surface area contributed by atoms with Crippen molar-refractivity contribution in [2.24, 2.45) is 16.8 Å². The van der Waals surface area contributed by atoms with E-state index in [0.717, 1.165) is 23.6 Å². The van der Waals surface area contributed by atoms with E-state index in [2.05, 4.69) is 19.2 Å². The Balaban J connectivity index is 1.99. The van der Waals surface area contributed by atoms with Crippen LogP contribution in [-0.2, 0) is 4.79 Å². The van der Waals surface area contributed by atoms with Gasteiger partial charge in [-0.3, -0.25) is 4.99 Å². The summed E-state index contributed by atoms with van der Waals surface area (Å²) in [6.45, 7) is 8.42. The topological polar surface area (TPSA) is 82.0 Å². The van der Waals surface area contributed by atoms with Crippen molar-refractivity contribution < 1.29 is 14.7 Å². The second kappa shape index (κ2) is 7.55. The van der Waals surface area contributed by atoms with Gasteiger partial charge in [-0.1, -0.05) is 27.7 Å². The van der Waals surface area contributed by atoms with Crippen LogP contribution in [0.5, 0.6) is 0 Å². The molecule has 0 spiro atoms.